The van der Waals surface area contributed by atoms with E-state index in [-0.39, 0.29) is 29.3 Å². The highest BCUT2D eigenvalue weighted by Gasteiger charge is 2.38. The summed E-state index contributed by atoms with van der Waals surface area (Å²) in [6.45, 7) is 7.53. The SMILES string of the molecule is CCO[C@H]1CN(c2ccccn2)C[C@H]1Nc1nc(CC)c(-c2ccc(OC)nc2C(F)(F)F)nc1CC. The Hall–Kier alpha value is -3.47. The highest BCUT2D eigenvalue weighted by Crippen LogP contribution is 2.38. The van der Waals surface area contributed by atoms with Crippen LogP contribution in [0.3, 0.4) is 0 Å². The molecule has 198 valence electrons. The molecule has 0 aliphatic carbocycles. The molecule has 37 heavy (non-hydrogen) atoms. The molecule has 0 aromatic carbocycles. The largest absolute Gasteiger partial charge is 0.481 e. The fraction of sp³-hybridized carbons (Fsp3) is 0.462. The van der Waals surface area contributed by atoms with E-state index in [0.717, 1.165) is 5.82 Å². The minimum absolute atomic E-state index is 0.106. The molecular formula is C26H31F3N6O2. The van der Waals surface area contributed by atoms with Gasteiger partial charge in [-0.1, -0.05) is 19.9 Å². The molecule has 0 spiro atoms. The molecule has 0 amide bonds. The van der Waals surface area contributed by atoms with Gasteiger partial charge in [-0.25, -0.2) is 19.9 Å². The Morgan fingerprint density at radius 3 is 2.41 bits per heavy atom. The van der Waals surface area contributed by atoms with Crippen molar-refractivity contribution >= 4 is 11.6 Å². The van der Waals surface area contributed by atoms with E-state index in [1.54, 1.807) is 6.20 Å². The number of aromatic nitrogens is 4. The van der Waals surface area contributed by atoms with Crippen LogP contribution >= 0.6 is 0 Å². The molecule has 4 rings (SSSR count). The molecule has 2 atom stereocenters. The molecule has 4 heterocycles. The van der Waals surface area contributed by atoms with Crippen LogP contribution in [0.15, 0.2) is 36.5 Å². The Morgan fingerprint density at radius 1 is 1.00 bits per heavy atom. The summed E-state index contributed by atoms with van der Waals surface area (Å²) in [6, 6.07) is 8.40. The molecular weight excluding hydrogens is 485 g/mol. The monoisotopic (exact) mass is 516 g/mol. The smallest absolute Gasteiger partial charge is 0.434 e. The Morgan fingerprint density at radius 2 is 1.78 bits per heavy atom. The summed E-state index contributed by atoms with van der Waals surface area (Å²) in [4.78, 5) is 19.7. The fourth-order valence-electron chi connectivity index (χ4n) is 4.49. The summed E-state index contributed by atoms with van der Waals surface area (Å²) in [7, 11) is 1.28. The maximum atomic E-state index is 13.9. The van der Waals surface area contributed by atoms with Crippen LogP contribution in [0.5, 0.6) is 5.88 Å². The number of halogens is 3. The van der Waals surface area contributed by atoms with Gasteiger partial charge < -0.3 is 19.7 Å². The minimum atomic E-state index is -4.68. The van der Waals surface area contributed by atoms with Crippen molar-refractivity contribution in [3.8, 4) is 17.1 Å². The van der Waals surface area contributed by atoms with Gasteiger partial charge in [0.1, 0.15) is 11.6 Å². The van der Waals surface area contributed by atoms with Crippen molar-refractivity contribution in [1.29, 1.82) is 0 Å². The van der Waals surface area contributed by atoms with E-state index in [1.807, 2.05) is 39.0 Å². The molecule has 3 aromatic heterocycles. The van der Waals surface area contributed by atoms with Crippen LogP contribution in [0.2, 0.25) is 0 Å². The van der Waals surface area contributed by atoms with Crippen LogP contribution in [0.4, 0.5) is 24.8 Å². The summed E-state index contributed by atoms with van der Waals surface area (Å²) in [5.74, 6) is 1.29. The molecule has 0 unspecified atom stereocenters. The topological polar surface area (TPSA) is 85.3 Å². The van der Waals surface area contributed by atoms with Crippen molar-refractivity contribution in [2.75, 3.05) is 37.0 Å². The Balaban J connectivity index is 1.70. The van der Waals surface area contributed by atoms with Crippen molar-refractivity contribution in [3.05, 3.63) is 53.6 Å². The summed E-state index contributed by atoms with van der Waals surface area (Å²) in [5, 5.41) is 3.49. The van der Waals surface area contributed by atoms with Crippen molar-refractivity contribution in [1.82, 2.24) is 19.9 Å². The summed E-state index contributed by atoms with van der Waals surface area (Å²) in [5.41, 5.74) is 0.0350. The van der Waals surface area contributed by atoms with Gasteiger partial charge in [-0.2, -0.15) is 13.2 Å². The van der Waals surface area contributed by atoms with E-state index in [1.165, 1.54) is 19.2 Å². The van der Waals surface area contributed by atoms with Gasteiger partial charge in [0.2, 0.25) is 5.88 Å². The van der Waals surface area contributed by atoms with Crippen LogP contribution in [0.25, 0.3) is 11.3 Å². The lowest BCUT2D eigenvalue weighted by Crippen LogP contribution is -2.35. The molecule has 0 radical (unpaired) electrons. The first-order chi connectivity index (χ1) is 17.8. The normalized spacial score (nSPS) is 17.8. The molecule has 3 aromatic rings. The molecule has 11 heteroatoms. The maximum Gasteiger partial charge on any atom is 0.434 e. The third kappa shape index (κ3) is 5.76. The number of alkyl halides is 3. The first kappa shape index (κ1) is 26.6. The number of hydrogen-bond acceptors (Lipinski definition) is 8. The molecule has 1 aliphatic rings. The van der Waals surface area contributed by atoms with E-state index in [0.29, 0.717) is 49.7 Å². The average molecular weight is 517 g/mol. The van der Waals surface area contributed by atoms with Gasteiger partial charge >= 0.3 is 6.18 Å². The quantitative estimate of drug-likeness (QED) is 0.435. The second-order valence-electron chi connectivity index (χ2n) is 8.61. The second-order valence-corrected chi connectivity index (χ2v) is 8.61. The zero-order valence-corrected chi connectivity index (χ0v) is 21.3. The maximum absolute atomic E-state index is 13.9. The minimum Gasteiger partial charge on any atom is -0.481 e. The third-order valence-corrected chi connectivity index (χ3v) is 6.25. The Labute approximate surface area is 214 Å². The number of ether oxygens (including phenoxy) is 2. The van der Waals surface area contributed by atoms with Gasteiger partial charge in [0.15, 0.2) is 5.69 Å². The van der Waals surface area contributed by atoms with E-state index < -0.39 is 11.9 Å². The summed E-state index contributed by atoms with van der Waals surface area (Å²) < 4.78 is 52.7. The van der Waals surface area contributed by atoms with E-state index in [9.17, 15) is 13.2 Å². The van der Waals surface area contributed by atoms with E-state index in [4.69, 9.17) is 14.5 Å². The fourth-order valence-corrected chi connectivity index (χ4v) is 4.49. The van der Waals surface area contributed by atoms with Crippen LogP contribution in [0, 0.1) is 0 Å². The predicted molar refractivity (Wildman–Crippen MR) is 135 cm³/mol. The zero-order valence-electron chi connectivity index (χ0n) is 21.3. The van der Waals surface area contributed by atoms with Crippen molar-refractivity contribution in [2.24, 2.45) is 0 Å². The van der Waals surface area contributed by atoms with Crippen molar-refractivity contribution < 1.29 is 22.6 Å². The van der Waals surface area contributed by atoms with E-state index >= 15 is 0 Å². The van der Waals surface area contributed by atoms with Gasteiger partial charge in [0, 0.05) is 37.5 Å². The molecule has 0 bridgehead atoms. The summed E-state index contributed by atoms with van der Waals surface area (Å²) in [6.07, 6.45) is -2.17. The van der Waals surface area contributed by atoms with Gasteiger partial charge in [-0.3, -0.25) is 0 Å². The van der Waals surface area contributed by atoms with Gasteiger partial charge in [-0.15, -0.1) is 0 Å². The van der Waals surface area contributed by atoms with Gasteiger partial charge in [-0.05, 0) is 38.0 Å². The Bertz CT molecular complexity index is 1210. The van der Waals surface area contributed by atoms with Crippen LogP contribution in [-0.2, 0) is 23.8 Å². The first-order valence-corrected chi connectivity index (χ1v) is 12.3. The Kier molecular flexibility index (Phi) is 8.11. The number of pyridine rings is 2. The number of nitrogens with zero attached hydrogens (tertiary/aromatic N) is 5. The number of rotatable bonds is 9. The molecule has 0 saturated carbocycles. The third-order valence-electron chi connectivity index (χ3n) is 6.25. The lowest BCUT2D eigenvalue weighted by atomic mass is 10.0. The zero-order chi connectivity index (χ0) is 26.6. The van der Waals surface area contributed by atoms with Crippen molar-refractivity contribution in [2.45, 2.75) is 51.9 Å². The highest BCUT2D eigenvalue weighted by molar-refractivity contribution is 5.67. The lowest BCUT2D eigenvalue weighted by Gasteiger charge is -2.23. The number of anilines is 2. The molecule has 1 fully saturated rings. The predicted octanol–water partition coefficient (Wildman–Crippen LogP) is 4.79. The first-order valence-electron chi connectivity index (χ1n) is 12.3. The molecule has 8 nitrogen and oxygen atoms in total. The molecule has 1 N–H and O–H groups in total. The lowest BCUT2D eigenvalue weighted by molar-refractivity contribution is -0.140. The number of methoxy groups -OCH3 is 1. The van der Waals surface area contributed by atoms with Crippen LogP contribution < -0.4 is 15.0 Å². The van der Waals surface area contributed by atoms with Crippen LogP contribution in [0.1, 0.15) is 37.9 Å². The van der Waals surface area contributed by atoms with Crippen molar-refractivity contribution in [3.63, 3.8) is 0 Å². The van der Waals surface area contributed by atoms with Crippen LogP contribution in [-0.4, -0.2) is 58.9 Å². The second kappa shape index (κ2) is 11.3. The van der Waals surface area contributed by atoms with Gasteiger partial charge in [0.05, 0.1) is 36.3 Å². The van der Waals surface area contributed by atoms with Gasteiger partial charge in [0.25, 0.3) is 0 Å². The number of aryl methyl sites for hydroxylation is 2. The average Bonchev–Trinajstić information content (AvgIpc) is 3.30. The molecule has 1 aliphatic heterocycles. The van der Waals surface area contributed by atoms with E-state index in [2.05, 4.69) is 25.2 Å². The molecule has 1 saturated heterocycles. The standard InChI is InChI=1S/C26H31F3N6O2/c1-5-17-23(16-11-12-22(36-4)34-24(16)26(27,28)29)31-18(6-2)25(32-17)33-19-14-35(15-20(19)37-7-3)21-10-8-9-13-30-21/h8-13,19-20H,5-7,14-15H2,1-4H3,(H,32,33)/t19-,20+/m1/s1. The summed E-state index contributed by atoms with van der Waals surface area (Å²) >= 11 is 0. The highest BCUT2D eigenvalue weighted by atomic mass is 19.4. The number of hydrogen-bond donors (Lipinski definition) is 1. The number of nitrogens with one attached hydrogen (secondary N) is 1.